The van der Waals surface area contributed by atoms with Gasteiger partial charge in [0.2, 0.25) is 0 Å². The van der Waals surface area contributed by atoms with E-state index in [1.165, 1.54) is 0 Å². The lowest BCUT2D eigenvalue weighted by atomic mass is 10.1. The Balaban J connectivity index is 2.08. The highest BCUT2D eigenvalue weighted by Crippen LogP contribution is 2.12. The molecule has 1 aliphatic rings. The summed E-state index contributed by atoms with van der Waals surface area (Å²) in [5.41, 5.74) is 4.89. The summed E-state index contributed by atoms with van der Waals surface area (Å²) < 4.78 is 0. The summed E-state index contributed by atoms with van der Waals surface area (Å²) in [6.45, 7) is 9.72. The molecule has 0 radical (unpaired) electrons. The lowest BCUT2D eigenvalue weighted by Gasteiger charge is -2.34. The molecule has 19 heavy (non-hydrogen) atoms. The molecule has 0 amide bonds. The van der Waals surface area contributed by atoms with Gasteiger partial charge in [0.05, 0.1) is 11.6 Å². The summed E-state index contributed by atoms with van der Waals surface area (Å²) in [6.07, 6.45) is 0. The van der Waals surface area contributed by atoms with Crippen molar-refractivity contribution < 1.29 is 0 Å². The molecule has 0 bridgehead atoms. The zero-order valence-corrected chi connectivity index (χ0v) is 12.2. The van der Waals surface area contributed by atoms with E-state index < -0.39 is 0 Å². The first kappa shape index (κ1) is 14.2. The topological polar surface area (TPSA) is 64.3 Å². The highest BCUT2D eigenvalue weighted by Gasteiger charge is 2.19. The quantitative estimate of drug-likeness (QED) is 0.817. The Morgan fingerprint density at radius 3 is 2.47 bits per heavy atom. The third kappa shape index (κ3) is 3.40. The van der Waals surface area contributed by atoms with Crippen LogP contribution in [0, 0.1) is 13.8 Å². The summed E-state index contributed by atoms with van der Waals surface area (Å²) >= 11 is 0. The normalized spacial score (nSPS) is 19.6. The fraction of sp³-hybridized carbons (Fsp3) is 0.692. The maximum absolute atomic E-state index is 12.0. The first-order valence-electron chi connectivity index (χ1n) is 6.74. The minimum atomic E-state index is -0.0425. The van der Waals surface area contributed by atoms with E-state index in [4.69, 9.17) is 0 Å². The van der Waals surface area contributed by atoms with Gasteiger partial charge in [-0.2, -0.15) is 0 Å². The SMILES string of the molecule is Cc1nc(C)c(C(C)NN2CCN(C)CC2)c(=O)[nH]1. The van der Waals surface area contributed by atoms with Crippen molar-refractivity contribution in [1.82, 2.24) is 25.3 Å². The number of nitrogens with one attached hydrogen (secondary N) is 2. The van der Waals surface area contributed by atoms with Gasteiger partial charge in [-0.15, -0.1) is 0 Å². The van der Waals surface area contributed by atoms with Gasteiger partial charge in [0.1, 0.15) is 5.82 Å². The number of aromatic nitrogens is 2. The van der Waals surface area contributed by atoms with E-state index in [0.29, 0.717) is 5.82 Å². The van der Waals surface area contributed by atoms with Crippen LogP contribution in [0.2, 0.25) is 0 Å². The predicted molar refractivity (Wildman–Crippen MR) is 75.0 cm³/mol. The second-order valence-corrected chi connectivity index (χ2v) is 5.29. The molecule has 1 unspecified atom stereocenters. The summed E-state index contributed by atoms with van der Waals surface area (Å²) in [4.78, 5) is 21.4. The summed E-state index contributed by atoms with van der Waals surface area (Å²) in [5.74, 6) is 0.665. The number of likely N-dealkylation sites (N-methyl/N-ethyl adjacent to an activating group) is 1. The van der Waals surface area contributed by atoms with Crippen molar-refractivity contribution in [3.05, 3.63) is 27.4 Å². The van der Waals surface area contributed by atoms with Gasteiger partial charge >= 0.3 is 0 Å². The van der Waals surface area contributed by atoms with Crippen molar-refractivity contribution in [2.24, 2.45) is 0 Å². The molecule has 0 aliphatic carbocycles. The Morgan fingerprint density at radius 2 is 1.89 bits per heavy atom. The van der Waals surface area contributed by atoms with E-state index in [1.807, 2.05) is 13.8 Å². The Kier molecular flexibility index (Phi) is 4.34. The molecule has 1 aromatic rings. The zero-order chi connectivity index (χ0) is 14.0. The molecule has 1 aromatic heterocycles. The number of piperazine rings is 1. The highest BCUT2D eigenvalue weighted by atomic mass is 16.1. The van der Waals surface area contributed by atoms with Gasteiger partial charge in [-0.3, -0.25) is 4.79 Å². The molecule has 2 rings (SSSR count). The molecule has 0 saturated carbocycles. The smallest absolute Gasteiger partial charge is 0.255 e. The number of rotatable bonds is 3. The van der Waals surface area contributed by atoms with Gasteiger partial charge in [-0.1, -0.05) is 0 Å². The average Bonchev–Trinajstić information content (AvgIpc) is 2.30. The van der Waals surface area contributed by atoms with Crippen LogP contribution in [0.3, 0.4) is 0 Å². The molecule has 0 spiro atoms. The molecule has 1 saturated heterocycles. The second-order valence-electron chi connectivity index (χ2n) is 5.29. The van der Waals surface area contributed by atoms with Crippen molar-refractivity contribution in [2.45, 2.75) is 26.8 Å². The van der Waals surface area contributed by atoms with E-state index >= 15 is 0 Å². The van der Waals surface area contributed by atoms with Gasteiger partial charge < -0.3 is 9.88 Å². The number of aryl methyl sites for hydroxylation is 2. The molecule has 0 aromatic carbocycles. The molecule has 1 fully saturated rings. The van der Waals surface area contributed by atoms with E-state index in [9.17, 15) is 4.79 Å². The number of hydrogen-bond acceptors (Lipinski definition) is 5. The van der Waals surface area contributed by atoms with E-state index in [0.717, 1.165) is 37.4 Å². The molecule has 2 N–H and O–H groups in total. The Bertz CT molecular complexity index is 490. The number of H-pyrrole nitrogens is 1. The Hall–Kier alpha value is -1.24. The molecular formula is C13H23N5O. The van der Waals surface area contributed by atoms with Gasteiger partial charge in [-0.05, 0) is 27.8 Å². The predicted octanol–water partition coefficient (Wildman–Crippen LogP) is 0.200. The molecule has 6 heteroatoms. The third-order valence-electron chi connectivity index (χ3n) is 3.58. The molecule has 2 heterocycles. The number of nitrogens with zero attached hydrogens (tertiary/aromatic N) is 3. The fourth-order valence-corrected chi connectivity index (χ4v) is 2.52. The van der Waals surface area contributed by atoms with Crippen molar-refractivity contribution in [3.63, 3.8) is 0 Å². The van der Waals surface area contributed by atoms with E-state index in [2.05, 4.69) is 32.4 Å². The van der Waals surface area contributed by atoms with Crippen LogP contribution in [0.25, 0.3) is 0 Å². The van der Waals surface area contributed by atoms with Crippen LogP contribution in [-0.2, 0) is 0 Å². The average molecular weight is 265 g/mol. The van der Waals surface area contributed by atoms with Crippen LogP contribution < -0.4 is 11.0 Å². The lowest BCUT2D eigenvalue weighted by Crippen LogP contribution is -2.51. The van der Waals surface area contributed by atoms with Crippen LogP contribution >= 0.6 is 0 Å². The summed E-state index contributed by atoms with van der Waals surface area (Å²) in [6, 6.07) is -0.0275. The minimum absolute atomic E-state index is 0.0275. The van der Waals surface area contributed by atoms with E-state index in [1.54, 1.807) is 6.92 Å². The van der Waals surface area contributed by atoms with Gasteiger partial charge in [0.25, 0.3) is 5.56 Å². The summed E-state index contributed by atoms with van der Waals surface area (Å²) in [7, 11) is 2.12. The molecule has 6 nitrogen and oxygen atoms in total. The van der Waals surface area contributed by atoms with Crippen LogP contribution in [0.15, 0.2) is 4.79 Å². The summed E-state index contributed by atoms with van der Waals surface area (Å²) in [5, 5.41) is 2.18. The van der Waals surface area contributed by atoms with E-state index in [-0.39, 0.29) is 11.6 Å². The van der Waals surface area contributed by atoms with Gasteiger partial charge in [0.15, 0.2) is 0 Å². The minimum Gasteiger partial charge on any atom is -0.310 e. The third-order valence-corrected chi connectivity index (χ3v) is 3.58. The van der Waals surface area contributed by atoms with Crippen LogP contribution in [0.1, 0.15) is 30.0 Å². The van der Waals surface area contributed by atoms with Crippen molar-refractivity contribution in [1.29, 1.82) is 0 Å². The van der Waals surface area contributed by atoms with Crippen LogP contribution in [0.5, 0.6) is 0 Å². The highest BCUT2D eigenvalue weighted by molar-refractivity contribution is 5.19. The van der Waals surface area contributed by atoms with Crippen molar-refractivity contribution in [3.8, 4) is 0 Å². The molecule has 1 atom stereocenters. The van der Waals surface area contributed by atoms with Crippen molar-refractivity contribution in [2.75, 3.05) is 33.2 Å². The Labute approximate surface area is 113 Å². The first-order valence-corrected chi connectivity index (χ1v) is 6.74. The number of hydrogen-bond donors (Lipinski definition) is 2. The number of aromatic amines is 1. The second kappa shape index (κ2) is 5.81. The molecular weight excluding hydrogens is 242 g/mol. The van der Waals surface area contributed by atoms with Crippen LogP contribution in [0.4, 0.5) is 0 Å². The maximum atomic E-state index is 12.0. The van der Waals surface area contributed by atoms with Gasteiger partial charge in [0, 0.05) is 31.9 Å². The standard InChI is InChI=1S/C13H23N5O/c1-9-12(13(19)15-11(3)14-9)10(2)16-18-7-5-17(4)6-8-18/h10,16H,5-8H2,1-4H3,(H,14,15,19). The number of hydrazine groups is 1. The fourth-order valence-electron chi connectivity index (χ4n) is 2.52. The Morgan fingerprint density at radius 1 is 1.26 bits per heavy atom. The maximum Gasteiger partial charge on any atom is 0.255 e. The van der Waals surface area contributed by atoms with Crippen LogP contribution in [-0.4, -0.2) is 53.1 Å². The molecule has 1 aliphatic heterocycles. The van der Waals surface area contributed by atoms with Gasteiger partial charge in [-0.25, -0.2) is 15.4 Å². The molecule has 106 valence electrons. The monoisotopic (exact) mass is 265 g/mol. The first-order chi connectivity index (χ1) is 8.97. The van der Waals surface area contributed by atoms with Crippen molar-refractivity contribution >= 4 is 0 Å². The largest absolute Gasteiger partial charge is 0.310 e. The zero-order valence-electron chi connectivity index (χ0n) is 12.2. The lowest BCUT2D eigenvalue weighted by molar-refractivity contribution is 0.0894.